The van der Waals surface area contributed by atoms with Crippen LogP contribution >= 0.6 is 23.8 Å². The Hall–Kier alpha value is -1.72. The normalized spacial score (nSPS) is 9.94. The topological polar surface area (TPSA) is 63.8 Å². The smallest absolute Gasteiger partial charge is 0.227 e. The van der Waals surface area contributed by atoms with E-state index in [0.717, 1.165) is 5.69 Å². The first kappa shape index (κ1) is 11.8. The average Bonchev–Trinajstić information content (AvgIpc) is 2.29. The Kier molecular flexibility index (Phi) is 3.51. The fraction of sp³-hybridized carbons (Fsp3) is 0. The Balaban J connectivity index is 2.24. The van der Waals surface area contributed by atoms with E-state index < -0.39 is 0 Å². The monoisotopic (exact) mass is 264 g/mol. The third-order valence-corrected chi connectivity index (χ3v) is 2.43. The van der Waals surface area contributed by atoms with Gasteiger partial charge in [0.1, 0.15) is 10.7 Å². The van der Waals surface area contributed by atoms with E-state index in [1.807, 2.05) is 12.1 Å². The fourth-order valence-electron chi connectivity index (χ4n) is 1.25. The second kappa shape index (κ2) is 5.07. The minimum atomic E-state index is 0.238. The Morgan fingerprint density at radius 3 is 2.88 bits per heavy atom. The molecule has 2 aromatic rings. The van der Waals surface area contributed by atoms with E-state index >= 15 is 0 Å². The van der Waals surface area contributed by atoms with Gasteiger partial charge >= 0.3 is 0 Å². The predicted molar refractivity (Wildman–Crippen MR) is 72.7 cm³/mol. The van der Waals surface area contributed by atoms with Crippen molar-refractivity contribution >= 4 is 40.4 Å². The van der Waals surface area contributed by atoms with Crippen molar-refractivity contribution in [2.24, 2.45) is 5.73 Å². The van der Waals surface area contributed by atoms with E-state index in [9.17, 15) is 0 Å². The van der Waals surface area contributed by atoms with E-state index in [0.29, 0.717) is 16.7 Å². The van der Waals surface area contributed by atoms with Crippen LogP contribution in [0, 0.1) is 0 Å². The highest BCUT2D eigenvalue weighted by Gasteiger charge is 2.02. The summed E-state index contributed by atoms with van der Waals surface area (Å²) in [4.78, 5) is 8.47. The molecule has 4 nitrogen and oxygen atoms in total. The molecule has 0 amide bonds. The van der Waals surface area contributed by atoms with Crippen LogP contribution in [0.15, 0.2) is 36.5 Å². The van der Waals surface area contributed by atoms with Crippen LogP contribution in [0.5, 0.6) is 0 Å². The van der Waals surface area contributed by atoms with Gasteiger partial charge < -0.3 is 11.1 Å². The van der Waals surface area contributed by atoms with Gasteiger partial charge in [-0.05, 0) is 24.3 Å². The summed E-state index contributed by atoms with van der Waals surface area (Å²) >= 11 is 10.7. The highest BCUT2D eigenvalue weighted by Crippen LogP contribution is 2.17. The van der Waals surface area contributed by atoms with Crippen molar-refractivity contribution < 1.29 is 0 Å². The van der Waals surface area contributed by atoms with Crippen LogP contribution in [0.4, 0.5) is 11.6 Å². The number of nitrogens with one attached hydrogen (secondary N) is 1. The van der Waals surface area contributed by atoms with Crippen LogP contribution in [0.3, 0.4) is 0 Å². The molecule has 0 bridgehead atoms. The number of nitrogens with two attached hydrogens (primary N) is 1. The third-order valence-electron chi connectivity index (χ3n) is 1.99. The number of nitrogens with zero attached hydrogens (tertiary/aromatic N) is 2. The molecule has 1 aromatic carbocycles. The maximum Gasteiger partial charge on any atom is 0.227 e. The zero-order valence-corrected chi connectivity index (χ0v) is 10.3. The number of benzene rings is 1. The van der Waals surface area contributed by atoms with Gasteiger partial charge in [0.25, 0.3) is 0 Å². The van der Waals surface area contributed by atoms with Gasteiger partial charge in [-0.25, -0.2) is 9.97 Å². The third kappa shape index (κ3) is 3.12. The summed E-state index contributed by atoms with van der Waals surface area (Å²) in [5.41, 5.74) is 6.82. The maximum atomic E-state index is 5.87. The second-order valence-corrected chi connectivity index (χ2v) is 4.14. The Bertz CT molecular complexity index is 559. The lowest BCUT2D eigenvalue weighted by atomic mass is 10.3. The largest absolute Gasteiger partial charge is 0.388 e. The number of hydrogen-bond acceptors (Lipinski definition) is 4. The standard InChI is InChI=1S/C11H9ClN4S/c12-7-2-1-3-8(6-7)15-11-14-5-4-9(16-11)10(13)17/h1-6H,(H2,13,17)(H,14,15,16). The van der Waals surface area contributed by atoms with Crippen molar-refractivity contribution in [2.75, 3.05) is 5.32 Å². The molecule has 2 rings (SSSR count). The SMILES string of the molecule is NC(=S)c1ccnc(Nc2cccc(Cl)c2)n1. The molecular formula is C11H9ClN4S. The quantitative estimate of drug-likeness (QED) is 0.834. The lowest BCUT2D eigenvalue weighted by molar-refractivity contribution is 1.15. The van der Waals surface area contributed by atoms with Crippen LogP contribution in [0.2, 0.25) is 5.02 Å². The summed E-state index contributed by atoms with van der Waals surface area (Å²) in [6.07, 6.45) is 1.59. The van der Waals surface area contributed by atoms with Crippen molar-refractivity contribution in [3.8, 4) is 0 Å². The molecular weight excluding hydrogens is 256 g/mol. The van der Waals surface area contributed by atoms with Gasteiger partial charge in [0.05, 0.1) is 0 Å². The van der Waals surface area contributed by atoms with E-state index in [-0.39, 0.29) is 4.99 Å². The number of halogens is 1. The zero-order valence-electron chi connectivity index (χ0n) is 8.72. The van der Waals surface area contributed by atoms with Crippen LogP contribution in [-0.4, -0.2) is 15.0 Å². The molecule has 86 valence electrons. The summed E-state index contributed by atoms with van der Waals surface area (Å²) in [5.74, 6) is 0.428. The van der Waals surface area contributed by atoms with Crippen LogP contribution < -0.4 is 11.1 Å². The molecule has 0 aliphatic heterocycles. The molecule has 0 saturated carbocycles. The molecule has 0 aliphatic carbocycles. The van der Waals surface area contributed by atoms with E-state index in [4.69, 9.17) is 29.6 Å². The maximum absolute atomic E-state index is 5.87. The molecule has 6 heteroatoms. The van der Waals surface area contributed by atoms with Crippen LogP contribution in [-0.2, 0) is 0 Å². The molecule has 0 spiro atoms. The summed E-state index contributed by atoms with van der Waals surface area (Å²) in [5, 5.41) is 3.66. The average molecular weight is 265 g/mol. The molecule has 0 radical (unpaired) electrons. The van der Waals surface area contributed by atoms with Crippen LogP contribution in [0.25, 0.3) is 0 Å². The fourth-order valence-corrected chi connectivity index (χ4v) is 1.56. The van der Waals surface area contributed by atoms with Crippen LogP contribution in [0.1, 0.15) is 5.69 Å². The zero-order chi connectivity index (χ0) is 12.3. The molecule has 17 heavy (non-hydrogen) atoms. The van der Waals surface area contributed by atoms with E-state index in [1.54, 1.807) is 24.4 Å². The van der Waals surface area contributed by atoms with E-state index in [1.165, 1.54) is 0 Å². The van der Waals surface area contributed by atoms with Gasteiger partial charge in [0.2, 0.25) is 5.95 Å². The highest BCUT2D eigenvalue weighted by atomic mass is 35.5. The first-order valence-corrected chi connectivity index (χ1v) is 5.59. The Morgan fingerprint density at radius 1 is 1.35 bits per heavy atom. The van der Waals surface area contributed by atoms with Crippen molar-refractivity contribution in [1.82, 2.24) is 9.97 Å². The number of aromatic nitrogens is 2. The molecule has 3 N–H and O–H groups in total. The first-order chi connectivity index (χ1) is 8.15. The molecule has 1 aromatic heterocycles. The van der Waals surface area contributed by atoms with Gasteiger partial charge in [0, 0.05) is 16.9 Å². The van der Waals surface area contributed by atoms with Crippen molar-refractivity contribution in [2.45, 2.75) is 0 Å². The summed E-state index contributed by atoms with van der Waals surface area (Å²) in [7, 11) is 0. The van der Waals surface area contributed by atoms with Crippen molar-refractivity contribution in [1.29, 1.82) is 0 Å². The van der Waals surface area contributed by atoms with Gasteiger partial charge in [-0.15, -0.1) is 0 Å². The summed E-state index contributed by atoms with van der Waals surface area (Å²) < 4.78 is 0. The highest BCUT2D eigenvalue weighted by molar-refractivity contribution is 7.80. The number of thiocarbonyl (C=S) groups is 1. The lowest BCUT2D eigenvalue weighted by Crippen LogP contribution is -2.12. The van der Waals surface area contributed by atoms with E-state index in [2.05, 4.69) is 15.3 Å². The molecule has 0 aliphatic rings. The number of rotatable bonds is 3. The minimum Gasteiger partial charge on any atom is -0.388 e. The number of anilines is 2. The molecule has 0 saturated heterocycles. The number of hydrogen-bond donors (Lipinski definition) is 2. The Morgan fingerprint density at radius 2 is 2.18 bits per heavy atom. The predicted octanol–water partition coefficient (Wildman–Crippen LogP) is 2.51. The van der Waals surface area contributed by atoms with Crippen molar-refractivity contribution in [3.05, 3.63) is 47.2 Å². The molecule has 0 atom stereocenters. The second-order valence-electron chi connectivity index (χ2n) is 3.27. The van der Waals surface area contributed by atoms with Gasteiger partial charge in [-0.2, -0.15) is 0 Å². The Labute approximate surface area is 109 Å². The molecule has 0 fully saturated rings. The van der Waals surface area contributed by atoms with Gasteiger partial charge in [-0.3, -0.25) is 0 Å². The first-order valence-electron chi connectivity index (χ1n) is 4.80. The summed E-state index contributed by atoms with van der Waals surface area (Å²) in [6, 6.07) is 8.92. The molecule has 0 unspecified atom stereocenters. The van der Waals surface area contributed by atoms with Gasteiger partial charge in [0.15, 0.2) is 0 Å². The lowest BCUT2D eigenvalue weighted by Gasteiger charge is -2.05. The van der Waals surface area contributed by atoms with Gasteiger partial charge in [-0.1, -0.05) is 29.9 Å². The molecule has 1 heterocycles. The van der Waals surface area contributed by atoms with Crippen molar-refractivity contribution in [3.63, 3.8) is 0 Å². The minimum absolute atomic E-state index is 0.238. The summed E-state index contributed by atoms with van der Waals surface area (Å²) in [6.45, 7) is 0.